The molecule has 23 heavy (non-hydrogen) atoms. The van der Waals surface area contributed by atoms with Gasteiger partial charge in [-0.15, -0.1) is 11.3 Å². The van der Waals surface area contributed by atoms with Crippen LogP contribution in [0.25, 0.3) is 10.2 Å². The third kappa shape index (κ3) is 2.68. The molecule has 7 heteroatoms. The first-order valence-corrected chi connectivity index (χ1v) is 8.46. The molecule has 0 saturated heterocycles. The van der Waals surface area contributed by atoms with Crippen molar-refractivity contribution in [3.05, 3.63) is 41.1 Å². The SMILES string of the molecule is C/C(=N\Nc1ncnc2sc3c(c12)CCCC3)c1cnccn1. The summed E-state index contributed by atoms with van der Waals surface area (Å²) in [5.41, 5.74) is 6.01. The van der Waals surface area contributed by atoms with E-state index in [0.717, 1.165) is 40.3 Å². The first kappa shape index (κ1) is 14.2. The van der Waals surface area contributed by atoms with Crippen LogP contribution in [0.1, 0.15) is 35.9 Å². The predicted molar refractivity (Wildman–Crippen MR) is 91.9 cm³/mol. The Labute approximate surface area is 137 Å². The van der Waals surface area contributed by atoms with Gasteiger partial charge in [-0.05, 0) is 38.2 Å². The smallest absolute Gasteiger partial charge is 0.158 e. The van der Waals surface area contributed by atoms with Gasteiger partial charge >= 0.3 is 0 Å². The average molecular weight is 324 g/mol. The molecule has 0 spiro atoms. The van der Waals surface area contributed by atoms with Gasteiger partial charge in [0.2, 0.25) is 0 Å². The van der Waals surface area contributed by atoms with E-state index in [9.17, 15) is 0 Å². The molecule has 0 aliphatic heterocycles. The van der Waals surface area contributed by atoms with E-state index < -0.39 is 0 Å². The van der Waals surface area contributed by atoms with Crippen molar-refractivity contribution in [2.75, 3.05) is 5.43 Å². The zero-order valence-electron chi connectivity index (χ0n) is 12.8. The molecule has 1 aliphatic carbocycles. The third-order valence-electron chi connectivity index (χ3n) is 4.01. The molecule has 0 aromatic carbocycles. The van der Waals surface area contributed by atoms with Crippen molar-refractivity contribution in [3.63, 3.8) is 0 Å². The summed E-state index contributed by atoms with van der Waals surface area (Å²) in [5, 5.41) is 5.55. The standard InChI is InChI=1S/C16H16N6S/c1-10(12-8-17-6-7-18-12)21-22-15-14-11-4-2-3-5-13(11)23-16(14)20-9-19-15/h6-9H,2-5H2,1H3,(H,19,20,22)/b21-10+. The van der Waals surface area contributed by atoms with Crippen molar-refractivity contribution < 1.29 is 0 Å². The van der Waals surface area contributed by atoms with Gasteiger partial charge in [0.05, 0.1) is 17.3 Å². The van der Waals surface area contributed by atoms with Crippen molar-refractivity contribution in [1.29, 1.82) is 0 Å². The highest BCUT2D eigenvalue weighted by molar-refractivity contribution is 7.19. The van der Waals surface area contributed by atoms with Crippen LogP contribution in [0.5, 0.6) is 0 Å². The van der Waals surface area contributed by atoms with Gasteiger partial charge in [0.25, 0.3) is 0 Å². The van der Waals surface area contributed by atoms with Gasteiger partial charge in [-0.1, -0.05) is 0 Å². The summed E-state index contributed by atoms with van der Waals surface area (Å²) in [6, 6.07) is 0. The lowest BCUT2D eigenvalue weighted by atomic mass is 9.97. The molecule has 1 N–H and O–H groups in total. The van der Waals surface area contributed by atoms with E-state index in [4.69, 9.17) is 0 Å². The van der Waals surface area contributed by atoms with Crippen molar-refractivity contribution >= 4 is 33.1 Å². The van der Waals surface area contributed by atoms with E-state index in [-0.39, 0.29) is 0 Å². The molecule has 116 valence electrons. The van der Waals surface area contributed by atoms with Crippen LogP contribution in [0.3, 0.4) is 0 Å². The molecule has 0 unspecified atom stereocenters. The van der Waals surface area contributed by atoms with Crippen LogP contribution in [0.15, 0.2) is 30.0 Å². The van der Waals surface area contributed by atoms with E-state index >= 15 is 0 Å². The van der Waals surface area contributed by atoms with Crippen LogP contribution in [-0.4, -0.2) is 25.6 Å². The van der Waals surface area contributed by atoms with Crippen molar-refractivity contribution in [3.8, 4) is 0 Å². The van der Waals surface area contributed by atoms with E-state index in [1.807, 2.05) is 6.92 Å². The number of hydrogen-bond acceptors (Lipinski definition) is 7. The number of rotatable bonds is 3. The summed E-state index contributed by atoms with van der Waals surface area (Å²) in [5.74, 6) is 0.776. The average Bonchev–Trinajstić information content (AvgIpc) is 2.99. The molecule has 0 amide bonds. The quantitative estimate of drug-likeness (QED) is 0.591. The van der Waals surface area contributed by atoms with Gasteiger partial charge in [-0.3, -0.25) is 15.4 Å². The summed E-state index contributed by atoms with van der Waals surface area (Å²) in [6.45, 7) is 1.90. The van der Waals surface area contributed by atoms with Crippen LogP contribution in [0.2, 0.25) is 0 Å². The van der Waals surface area contributed by atoms with Gasteiger partial charge in [0, 0.05) is 17.3 Å². The minimum atomic E-state index is 0.748. The van der Waals surface area contributed by atoms with Gasteiger partial charge < -0.3 is 0 Å². The first-order valence-electron chi connectivity index (χ1n) is 7.65. The zero-order chi connectivity index (χ0) is 15.6. The summed E-state index contributed by atoms with van der Waals surface area (Å²) in [4.78, 5) is 19.6. The topological polar surface area (TPSA) is 76.0 Å². The maximum absolute atomic E-state index is 4.43. The summed E-state index contributed by atoms with van der Waals surface area (Å²) in [6.07, 6.45) is 11.3. The van der Waals surface area contributed by atoms with Gasteiger partial charge in [0.15, 0.2) is 5.82 Å². The predicted octanol–water partition coefficient (Wildman–Crippen LogP) is 3.20. The van der Waals surface area contributed by atoms with E-state index in [0.29, 0.717) is 0 Å². The number of hydrogen-bond donors (Lipinski definition) is 1. The molecule has 6 nitrogen and oxygen atoms in total. The van der Waals surface area contributed by atoms with Crippen molar-refractivity contribution in [2.24, 2.45) is 5.10 Å². The lowest BCUT2D eigenvalue weighted by Crippen LogP contribution is -2.04. The Morgan fingerprint density at radius 2 is 2.09 bits per heavy atom. The molecule has 0 fully saturated rings. The molecule has 0 radical (unpaired) electrons. The Bertz CT molecular complexity index is 871. The number of hydrazone groups is 1. The Morgan fingerprint density at radius 3 is 2.96 bits per heavy atom. The van der Waals surface area contributed by atoms with E-state index in [1.54, 1.807) is 36.3 Å². The molecule has 0 bridgehead atoms. The van der Waals surface area contributed by atoms with Crippen LogP contribution < -0.4 is 5.43 Å². The highest BCUT2D eigenvalue weighted by atomic mass is 32.1. The summed E-state index contributed by atoms with van der Waals surface area (Å²) >= 11 is 1.78. The third-order valence-corrected chi connectivity index (χ3v) is 5.21. The van der Waals surface area contributed by atoms with Crippen molar-refractivity contribution in [1.82, 2.24) is 19.9 Å². The van der Waals surface area contributed by atoms with Gasteiger partial charge in [-0.2, -0.15) is 5.10 Å². The second-order valence-electron chi connectivity index (χ2n) is 5.51. The highest BCUT2D eigenvalue weighted by Crippen LogP contribution is 2.38. The van der Waals surface area contributed by atoms with Gasteiger partial charge in [0.1, 0.15) is 16.9 Å². The first-order chi connectivity index (χ1) is 11.3. The monoisotopic (exact) mass is 324 g/mol. The number of fused-ring (bicyclic) bond motifs is 3. The summed E-state index contributed by atoms with van der Waals surface area (Å²) < 4.78 is 0. The summed E-state index contributed by atoms with van der Waals surface area (Å²) in [7, 11) is 0. The molecule has 3 aromatic heterocycles. The minimum absolute atomic E-state index is 0.748. The Balaban J connectivity index is 1.71. The van der Waals surface area contributed by atoms with Crippen LogP contribution in [0.4, 0.5) is 5.82 Å². The fourth-order valence-electron chi connectivity index (χ4n) is 2.85. The normalized spacial score (nSPS) is 14.7. The molecule has 3 heterocycles. The minimum Gasteiger partial charge on any atom is -0.261 e. The van der Waals surface area contributed by atoms with E-state index in [2.05, 4.69) is 30.5 Å². The van der Waals surface area contributed by atoms with Crippen LogP contribution in [0, 0.1) is 0 Å². The lowest BCUT2D eigenvalue weighted by Gasteiger charge is -2.11. The molecule has 1 aliphatic rings. The lowest BCUT2D eigenvalue weighted by molar-refractivity contribution is 0.700. The highest BCUT2D eigenvalue weighted by Gasteiger charge is 2.19. The Kier molecular flexibility index (Phi) is 3.70. The number of nitrogens with zero attached hydrogens (tertiary/aromatic N) is 5. The molecular weight excluding hydrogens is 308 g/mol. The second-order valence-corrected chi connectivity index (χ2v) is 6.60. The number of anilines is 1. The van der Waals surface area contributed by atoms with Crippen LogP contribution >= 0.6 is 11.3 Å². The maximum Gasteiger partial charge on any atom is 0.158 e. The van der Waals surface area contributed by atoms with Crippen molar-refractivity contribution in [2.45, 2.75) is 32.6 Å². The molecule has 3 aromatic rings. The zero-order valence-corrected chi connectivity index (χ0v) is 13.6. The number of nitrogens with one attached hydrogen (secondary N) is 1. The fraction of sp³-hybridized carbons (Fsp3) is 0.312. The van der Waals surface area contributed by atoms with Crippen LogP contribution in [-0.2, 0) is 12.8 Å². The largest absolute Gasteiger partial charge is 0.261 e. The second kappa shape index (κ2) is 6.00. The molecular formula is C16H16N6S. The molecule has 0 saturated carbocycles. The molecule has 0 atom stereocenters. The van der Waals surface area contributed by atoms with E-state index in [1.165, 1.54) is 23.3 Å². The fourth-order valence-corrected chi connectivity index (χ4v) is 4.08. The Morgan fingerprint density at radius 1 is 1.17 bits per heavy atom. The number of aryl methyl sites for hydroxylation is 2. The Hall–Kier alpha value is -2.41. The molecule has 4 rings (SSSR count). The number of thiophene rings is 1. The number of aromatic nitrogens is 4. The van der Waals surface area contributed by atoms with Gasteiger partial charge in [-0.25, -0.2) is 9.97 Å². The maximum atomic E-state index is 4.43.